The van der Waals surface area contributed by atoms with E-state index in [-0.39, 0.29) is 34.3 Å². The quantitative estimate of drug-likeness (QED) is 0.199. The maximum absolute atomic E-state index is 13.0. The van der Waals surface area contributed by atoms with Crippen LogP contribution in [0.5, 0.6) is 5.75 Å². The highest BCUT2D eigenvalue weighted by atomic mass is 35.5. The number of aryl methyl sites for hydroxylation is 1. The molecule has 38 heavy (non-hydrogen) atoms. The van der Waals surface area contributed by atoms with Gasteiger partial charge in [-0.25, -0.2) is 9.69 Å². The number of hydrogen-bond acceptors (Lipinski definition) is 7. The summed E-state index contributed by atoms with van der Waals surface area (Å²) in [4.78, 5) is 60.9. The molecular weight excluding hydrogens is 516 g/mol. The first-order valence-electron chi connectivity index (χ1n) is 11.1. The monoisotopic (exact) mass is 534 g/mol. The van der Waals surface area contributed by atoms with Crippen molar-refractivity contribution in [1.29, 1.82) is 0 Å². The van der Waals surface area contributed by atoms with E-state index >= 15 is 0 Å². The maximum atomic E-state index is 13.0. The second-order valence-electron chi connectivity index (χ2n) is 8.12. The summed E-state index contributed by atoms with van der Waals surface area (Å²) in [6, 6.07) is 15.4. The fourth-order valence-corrected chi connectivity index (χ4v) is 3.73. The van der Waals surface area contributed by atoms with Crippen LogP contribution < -0.4 is 20.3 Å². The lowest BCUT2D eigenvalue weighted by Gasteiger charge is -2.26. The average molecular weight is 535 g/mol. The van der Waals surface area contributed by atoms with E-state index in [2.05, 4.69) is 10.6 Å². The molecule has 0 unspecified atom stereocenters. The van der Waals surface area contributed by atoms with Crippen molar-refractivity contribution in [3.63, 3.8) is 0 Å². The van der Waals surface area contributed by atoms with E-state index in [0.29, 0.717) is 16.2 Å². The molecule has 0 saturated carbocycles. The predicted octanol–water partition coefficient (Wildman–Crippen LogP) is 4.24. The minimum atomic E-state index is -0.989. The van der Waals surface area contributed by atoms with E-state index < -0.39 is 28.7 Å². The van der Waals surface area contributed by atoms with E-state index in [9.17, 15) is 29.3 Å². The number of ether oxygens (including phenoxy) is 1. The predicted molar refractivity (Wildman–Crippen MR) is 139 cm³/mol. The Morgan fingerprint density at radius 3 is 2.39 bits per heavy atom. The number of rotatable bonds is 7. The molecule has 12 heteroatoms. The van der Waals surface area contributed by atoms with Crippen molar-refractivity contribution in [3.8, 4) is 5.75 Å². The van der Waals surface area contributed by atoms with Crippen molar-refractivity contribution < 1.29 is 28.8 Å². The number of halogens is 1. The molecule has 3 aromatic carbocycles. The molecule has 0 aliphatic carbocycles. The molecule has 3 aromatic rings. The molecule has 1 heterocycles. The standard InChI is InChI=1S/C26H19ClN4O7/c1-15-2-5-17(6-3-15)28-23(32)14-38-22-11-4-16(13-21(22)27)12-20-24(33)29-26(35)30(25(20)34)18-7-9-19(10-8-18)31(36)37/h2-13H,14H2,1H3,(H,28,32)(H,29,33,35)/b20-12+. The van der Waals surface area contributed by atoms with Gasteiger partial charge >= 0.3 is 6.03 Å². The third-order valence-corrected chi connectivity index (χ3v) is 5.68. The summed E-state index contributed by atoms with van der Waals surface area (Å²) in [7, 11) is 0. The highest BCUT2D eigenvalue weighted by Gasteiger charge is 2.37. The lowest BCUT2D eigenvalue weighted by atomic mass is 10.1. The van der Waals surface area contributed by atoms with Crippen LogP contribution in [0, 0.1) is 17.0 Å². The molecule has 192 valence electrons. The summed E-state index contributed by atoms with van der Waals surface area (Å²) in [5, 5.41) is 15.8. The van der Waals surface area contributed by atoms with Gasteiger partial charge in [-0.2, -0.15) is 0 Å². The van der Waals surface area contributed by atoms with Gasteiger partial charge in [0, 0.05) is 17.8 Å². The van der Waals surface area contributed by atoms with Crippen molar-refractivity contribution in [1.82, 2.24) is 5.32 Å². The van der Waals surface area contributed by atoms with Crippen LogP contribution in [0.25, 0.3) is 6.08 Å². The molecule has 0 atom stereocenters. The number of anilines is 2. The summed E-state index contributed by atoms with van der Waals surface area (Å²) in [6.45, 7) is 1.63. The van der Waals surface area contributed by atoms with Gasteiger partial charge in [0.15, 0.2) is 6.61 Å². The van der Waals surface area contributed by atoms with Gasteiger partial charge in [0.1, 0.15) is 11.3 Å². The second kappa shape index (κ2) is 10.9. The van der Waals surface area contributed by atoms with Gasteiger partial charge in [0.05, 0.1) is 15.6 Å². The molecule has 1 aliphatic heterocycles. The molecule has 0 radical (unpaired) electrons. The van der Waals surface area contributed by atoms with Crippen molar-refractivity contribution in [2.45, 2.75) is 6.92 Å². The molecule has 0 spiro atoms. The van der Waals surface area contributed by atoms with Crippen LogP contribution in [-0.4, -0.2) is 35.3 Å². The number of amides is 5. The van der Waals surface area contributed by atoms with Gasteiger partial charge in [0.25, 0.3) is 23.4 Å². The number of carbonyl (C=O) groups excluding carboxylic acids is 4. The van der Waals surface area contributed by atoms with Crippen LogP contribution in [0.1, 0.15) is 11.1 Å². The van der Waals surface area contributed by atoms with Crippen LogP contribution in [0.4, 0.5) is 21.9 Å². The highest BCUT2D eigenvalue weighted by Crippen LogP contribution is 2.28. The van der Waals surface area contributed by atoms with Crippen LogP contribution in [-0.2, 0) is 14.4 Å². The van der Waals surface area contributed by atoms with E-state index in [1.807, 2.05) is 19.1 Å². The first-order chi connectivity index (χ1) is 18.1. The summed E-state index contributed by atoms with van der Waals surface area (Å²) >= 11 is 6.28. The number of hydrogen-bond donors (Lipinski definition) is 2. The Kier molecular flexibility index (Phi) is 7.49. The van der Waals surface area contributed by atoms with Crippen LogP contribution in [0.15, 0.2) is 72.3 Å². The molecule has 4 rings (SSSR count). The molecule has 11 nitrogen and oxygen atoms in total. The Bertz CT molecular complexity index is 1480. The molecule has 1 aliphatic rings. The summed E-state index contributed by atoms with van der Waals surface area (Å²) in [6.07, 6.45) is 1.24. The fraction of sp³-hybridized carbons (Fsp3) is 0.0769. The smallest absolute Gasteiger partial charge is 0.335 e. The first-order valence-corrected chi connectivity index (χ1v) is 11.4. The van der Waals surface area contributed by atoms with Gasteiger partial charge in [-0.05, 0) is 55.0 Å². The normalized spacial score (nSPS) is 14.3. The van der Waals surface area contributed by atoms with Crippen molar-refractivity contribution in [2.24, 2.45) is 0 Å². The molecule has 5 amide bonds. The Labute approximate surface area is 220 Å². The summed E-state index contributed by atoms with van der Waals surface area (Å²) in [5.41, 5.74) is 1.48. The van der Waals surface area contributed by atoms with Gasteiger partial charge < -0.3 is 10.1 Å². The van der Waals surface area contributed by atoms with Gasteiger partial charge in [-0.3, -0.25) is 29.8 Å². The topological polar surface area (TPSA) is 148 Å². The van der Waals surface area contributed by atoms with Gasteiger partial charge in [0.2, 0.25) is 0 Å². The first kappa shape index (κ1) is 26.0. The summed E-state index contributed by atoms with van der Waals surface area (Å²) < 4.78 is 5.49. The molecular formula is C26H19ClN4O7. The van der Waals surface area contributed by atoms with Gasteiger partial charge in [-0.1, -0.05) is 35.4 Å². The lowest BCUT2D eigenvalue weighted by molar-refractivity contribution is -0.384. The zero-order chi connectivity index (χ0) is 27.4. The maximum Gasteiger partial charge on any atom is 0.335 e. The van der Waals surface area contributed by atoms with Crippen LogP contribution >= 0.6 is 11.6 Å². The number of nitro benzene ring substituents is 1. The molecule has 1 saturated heterocycles. The van der Waals surface area contributed by atoms with Crippen LogP contribution in [0.2, 0.25) is 5.02 Å². The SMILES string of the molecule is Cc1ccc(NC(=O)COc2ccc(/C=C3\C(=O)NC(=O)N(c4ccc([N+](=O)[O-])cc4)C3=O)cc2Cl)cc1. The fourth-order valence-electron chi connectivity index (χ4n) is 3.48. The Hall–Kier alpha value is -5.03. The van der Waals surface area contributed by atoms with Crippen molar-refractivity contribution in [2.75, 3.05) is 16.8 Å². The molecule has 1 fully saturated rings. The van der Waals surface area contributed by atoms with E-state index in [1.54, 1.807) is 12.1 Å². The molecule has 2 N–H and O–H groups in total. The Morgan fingerprint density at radius 2 is 1.76 bits per heavy atom. The molecule has 0 aromatic heterocycles. The van der Waals surface area contributed by atoms with Gasteiger partial charge in [-0.15, -0.1) is 0 Å². The third kappa shape index (κ3) is 5.85. The van der Waals surface area contributed by atoms with E-state index in [0.717, 1.165) is 17.7 Å². The number of imide groups is 2. The number of benzene rings is 3. The van der Waals surface area contributed by atoms with Crippen molar-refractivity contribution in [3.05, 3.63) is 98.6 Å². The summed E-state index contributed by atoms with van der Waals surface area (Å²) in [5.74, 6) is -2.02. The third-order valence-electron chi connectivity index (χ3n) is 5.38. The highest BCUT2D eigenvalue weighted by molar-refractivity contribution is 6.39. The zero-order valence-corrected chi connectivity index (χ0v) is 20.5. The number of non-ortho nitro benzene ring substituents is 1. The van der Waals surface area contributed by atoms with Crippen LogP contribution in [0.3, 0.4) is 0 Å². The minimum absolute atomic E-state index is 0.0437. The zero-order valence-electron chi connectivity index (χ0n) is 19.8. The molecule has 0 bridgehead atoms. The average Bonchev–Trinajstić information content (AvgIpc) is 2.87. The van der Waals surface area contributed by atoms with E-state index in [4.69, 9.17) is 16.3 Å². The minimum Gasteiger partial charge on any atom is -0.482 e. The second-order valence-corrected chi connectivity index (χ2v) is 8.53. The number of barbiturate groups is 1. The number of carbonyl (C=O) groups is 4. The van der Waals surface area contributed by atoms with Crippen molar-refractivity contribution >= 4 is 58.5 Å². The van der Waals surface area contributed by atoms with E-state index in [1.165, 1.54) is 36.4 Å². The Morgan fingerprint density at radius 1 is 1.08 bits per heavy atom. The number of nitro groups is 1. The Balaban J connectivity index is 1.47. The largest absolute Gasteiger partial charge is 0.482 e. The number of nitrogens with zero attached hydrogens (tertiary/aromatic N) is 2. The number of urea groups is 1. The number of nitrogens with one attached hydrogen (secondary N) is 2. The lowest BCUT2D eigenvalue weighted by Crippen LogP contribution is -2.54.